The van der Waals surface area contributed by atoms with E-state index in [4.69, 9.17) is 4.74 Å². The van der Waals surface area contributed by atoms with Crippen molar-refractivity contribution in [3.8, 4) is 5.75 Å². The highest BCUT2D eigenvalue weighted by Crippen LogP contribution is 2.28. The summed E-state index contributed by atoms with van der Waals surface area (Å²) in [6.45, 7) is 6.52. The van der Waals surface area contributed by atoms with Crippen LogP contribution in [0, 0.1) is 5.92 Å². The topological polar surface area (TPSA) is 67.4 Å². The minimum atomic E-state index is -0.242. The Morgan fingerprint density at radius 1 is 0.968 bits per heavy atom. The molecule has 2 N–H and O–H groups in total. The monoisotopic (exact) mass is 422 g/mol. The fraction of sp³-hybridized carbons (Fsp3) is 0.462. The van der Waals surface area contributed by atoms with Gasteiger partial charge in [-0.05, 0) is 60.6 Å². The van der Waals surface area contributed by atoms with Crippen LogP contribution in [-0.4, -0.2) is 18.4 Å². The number of anilines is 2. The number of ether oxygens (including phenoxy) is 1. The average Bonchev–Trinajstić information content (AvgIpc) is 2.79. The van der Waals surface area contributed by atoms with Gasteiger partial charge in [0.1, 0.15) is 5.75 Å². The molecule has 0 saturated heterocycles. The Hall–Kier alpha value is -2.82. The molecule has 0 aliphatic heterocycles. The van der Waals surface area contributed by atoms with Gasteiger partial charge in [0.25, 0.3) is 5.91 Å². The highest BCUT2D eigenvalue weighted by Gasteiger charge is 2.21. The van der Waals surface area contributed by atoms with E-state index >= 15 is 0 Å². The van der Waals surface area contributed by atoms with Crippen LogP contribution in [0.3, 0.4) is 0 Å². The molecule has 3 rings (SSSR count). The third-order valence-corrected chi connectivity index (χ3v) is 6.28. The molecule has 0 bridgehead atoms. The van der Waals surface area contributed by atoms with Gasteiger partial charge in [-0.3, -0.25) is 9.59 Å². The van der Waals surface area contributed by atoms with Crippen LogP contribution in [0.15, 0.2) is 48.5 Å². The van der Waals surface area contributed by atoms with E-state index in [0.29, 0.717) is 17.1 Å². The van der Waals surface area contributed by atoms with Crippen LogP contribution in [0.1, 0.15) is 64.9 Å². The van der Waals surface area contributed by atoms with E-state index in [1.54, 1.807) is 12.1 Å². The molecule has 1 fully saturated rings. The Bertz CT molecular complexity index is 884. The molecule has 1 saturated carbocycles. The molecule has 31 heavy (non-hydrogen) atoms. The summed E-state index contributed by atoms with van der Waals surface area (Å²) in [4.78, 5) is 24.8. The largest absolute Gasteiger partial charge is 0.484 e. The minimum Gasteiger partial charge on any atom is -0.484 e. The lowest BCUT2D eigenvalue weighted by Crippen LogP contribution is -2.25. The molecule has 2 aromatic carbocycles. The van der Waals surface area contributed by atoms with Crippen LogP contribution >= 0.6 is 0 Å². The fourth-order valence-electron chi connectivity index (χ4n) is 3.84. The number of benzene rings is 2. The van der Waals surface area contributed by atoms with E-state index in [-0.39, 0.29) is 29.8 Å². The molecule has 0 radical (unpaired) electrons. The fourth-order valence-corrected chi connectivity index (χ4v) is 3.84. The quantitative estimate of drug-likeness (QED) is 0.556. The average molecular weight is 423 g/mol. The molecule has 1 aliphatic carbocycles. The molecule has 1 aliphatic rings. The van der Waals surface area contributed by atoms with Gasteiger partial charge in [0.2, 0.25) is 5.91 Å². The highest BCUT2D eigenvalue weighted by atomic mass is 16.5. The number of hydrogen-bond acceptors (Lipinski definition) is 3. The number of nitrogens with one attached hydrogen (secondary N) is 2. The third-order valence-electron chi connectivity index (χ3n) is 6.28. The number of carbonyl (C=O) groups is 2. The van der Waals surface area contributed by atoms with Gasteiger partial charge >= 0.3 is 0 Å². The maximum absolute atomic E-state index is 12.4. The Balaban J connectivity index is 1.50. The first-order valence-corrected chi connectivity index (χ1v) is 11.3. The van der Waals surface area contributed by atoms with E-state index in [0.717, 1.165) is 32.1 Å². The first kappa shape index (κ1) is 22.9. The number of carbonyl (C=O) groups excluding carboxylic acids is 2. The maximum Gasteiger partial charge on any atom is 0.262 e. The Morgan fingerprint density at radius 2 is 1.61 bits per heavy atom. The smallest absolute Gasteiger partial charge is 0.262 e. The van der Waals surface area contributed by atoms with Gasteiger partial charge < -0.3 is 15.4 Å². The molecule has 5 heteroatoms. The van der Waals surface area contributed by atoms with Crippen molar-refractivity contribution in [2.24, 2.45) is 5.92 Å². The zero-order valence-corrected chi connectivity index (χ0v) is 18.9. The summed E-state index contributed by atoms with van der Waals surface area (Å²) in [5.74, 6) is 0.587. The zero-order valence-electron chi connectivity index (χ0n) is 18.9. The molecule has 166 valence electrons. The summed E-state index contributed by atoms with van der Waals surface area (Å²) in [5.41, 5.74) is 2.70. The minimum absolute atomic E-state index is 0.0706. The second-order valence-corrected chi connectivity index (χ2v) is 9.00. The standard InChI is InChI=1S/C26H34N2O3/c1-4-26(2,3)20-13-15-23(16-14-20)31-18-24(29)27-21-11-8-12-22(17-21)28-25(30)19-9-6-5-7-10-19/h8,11-17,19H,4-7,9-10,18H2,1-3H3,(H,27,29)(H,28,30). The van der Waals surface area contributed by atoms with Gasteiger partial charge in [-0.15, -0.1) is 0 Å². The Labute approximate surface area is 185 Å². The highest BCUT2D eigenvalue weighted by molar-refractivity contribution is 5.95. The van der Waals surface area contributed by atoms with Crippen molar-refractivity contribution in [1.82, 2.24) is 0 Å². The predicted octanol–water partition coefficient (Wildman–Crippen LogP) is 5.91. The summed E-state index contributed by atoms with van der Waals surface area (Å²) in [6.07, 6.45) is 6.41. The molecule has 5 nitrogen and oxygen atoms in total. The number of amides is 2. The number of rotatable bonds is 8. The Morgan fingerprint density at radius 3 is 2.26 bits per heavy atom. The molecular weight excluding hydrogens is 388 g/mol. The van der Waals surface area contributed by atoms with E-state index in [1.807, 2.05) is 24.3 Å². The molecule has 0 unspecified atom stereocenters. The van der Waals surface area contributed by atoms with Gasteiger partial charge in [-0.25, -0.2) is 0 Å². The first-order valence-electron chi connectivity index (χ1n) is 11.3. The van der Waals surface area contributed by atoms with Gasteiger partial charge in [-0.1, -0.05) is 58.2 Å². The summed E-state index contributed by atoms with van der Waals surface area (Å²) in [7, 11) is 0. The lowest BCUT2D eigenvalue weighted by atomic mass is 9.82. The van der Waals surface area contributed by atoms with Crippen LogP contribution < -0.4 is 15.4 Å². The second kappa shape index (κ2) is 10.5. The van der Waals surface area contributed by atoms with Gasteiger partial charge in [0, 0.05) is 17.3 Å². The van der Waals surface area contributed by atoms with Gasteiger partial charge in [0.15, 0.2) is 6.61 Å². The van der Waals surface area contributed by atoms with Crippen molar-refractivity contribution in [1.29, 1.82) is 0 Å². The third kappa shape index (κ3) is 6.58. The van der Waals surface area contributed by atoms with Crippen molar-refractivity contribution in [3.05, 3.63) is 54.1 Å². The summed E-state index contributed by atoms with van der Waals surface area (Å²) < 4.78 is 5.63. The van der Waals surface area contributed by atoms with Crippen molar-refractivity contribution < 1.29 is 14.3 Å². The van der Waals surface area contributed by atoms with Crippen molar-refractivity contribution in [2.75, 3.05) is 17.2 Å². The predicted molar refractivity (Wildman–Crippen MR) is 126 cm³/mol. The normalized spacial score (nSPS) is 14.7. The van der Waals surface area contributed by atoms with Gasteiger partial charge in [-0.2, -0.15) is 0 Å². The Kier molecular flexibility index (Phi) is 7.72. The summed E-state index contributed by atoms with van der Waals surface area (Å²) >= 11 is 0. The van der Waals surface area contributed by atoms with Crippen LogP contribution in [0.25, 0.3) is 0 Å². The molecule has 0 spiro atoms. The van der Waals surface area contributed by atoms with Crippen LogP contribution in [0.4, 0.5) is 11.4 Å². The van der Waals surface area contributed by atoms with E-state index < -0.39 is 0 Å². The SMILES string of the molecule is CCC(C)(C)c1ccc(OCC(=O)Nc2cccc(NC(=O)C3CCCCC3)c2)cc1. The molecule has 2 amide bonds. The van der Waals surface area contributed by atoms with Gasteiger partial charge in [0.05, 0.1) is 0 Å². The van der Waals surface area contributed by atoms with Crippen molar-refractivity contribution >= 4 is 23.2 Å². The van der Waals surface area contributed by atoms with Crippen molar-refractivity contribution in [2.45, 2.75) is 64.7 Å². The first-order chi connectivity index (χ1) is 14.9. The zero-order chi connectivity index (χ0) is 22.3. The molecule has 0 atom stereocenters. The maximum atomic E-state index is 12.4. The lowest BCUT2D eigenvalue weighted by molar-refractivity contribution is -0.120. The van der Waals surface area contributed by atoms with Crippen molar-refractivity contribution in [3.63, 3.8) is 0 Å². The molecule has 0 heterocycles. The molecule has 0 aromatic heterocycles. The second-order valence-electron chi connectivity index (χ2n) is 9.00. The molecular formula is C26H34N2O3. The number of hydrogen-bond donors (Lipinski definition) is 2. The summed E-state index contributed by atoms with van der Waals surface area (Å²) in [6, 6.07) is 15.1. The van der Waals surface area contributed by atoms with E-state index in [9.17, 15) is 9.59 Å². The van der Waals surface area contributed by atoms with E-state index in [2.05, 4.69) is 43.5 Å². The van der Waals surface area contributed by atoms with E-state index in [1.165, 1.54) is 12.0 Å². The lowest BCUT2D eigenvalue weighted by Gasteiger charge is -2.23. The molecule has 2 aromatic rings. The van der Waals surface area contributed by atoms with Crippen LogP contribution in [-0.2, 0) is 15.0 Å². The van der Waals surface area contributed by atoms with Crippen LogP contribution in [0.5, 0.6) is 5.75 Å². The summed E-state index contributed by atoms with van der Waals surface area (Å²) in [5, 5.41) is 5.82. The van der Waals surface area contributed by atoms with Crippen LogP contribution in [0.2, 0.25) is 0 Å².